The average molecular weight is 440 g/mol. The lowest BCUT2D eigenvalue weighted by Crippen LogP contribution is -2.56. The summed E-state index contributed by atoms with van der Waals surface area (Å²) in [7, 11) is 2.23. The van der Waals surface area contributed by atoms with Crippen LogP contribution >= 0.6 is 0 Å². The zero-order valence-electron chi connectivity index (χ0n) is 18.5. The fourth-order valence-corrected chi connectivity index (χ4v) is 3.69. The maximum Gasteiger partial charge on any atom is 0.320 e. The molecule has 2 aromatic carbocycles. The first-order valence-electron chi connectivity index (χ1n) is 10.1. The third-order valence-corrected chi connectivity index (χ3v) is 5.71. The van der Waals surface area contributed by atoms with Crippen LogP contribution in [0.15, 0.2) is 60.7 Å². The molecule has 2 rings (SSSR count). The average Bonchev–Trinajstić information content (AvgIpc) is 2.82. The van der Waals surface area contributed by atoms with E-state index in [-0.39, 0.29) is 0 Å². The molecule has 0 spiro atoms. The molecule has 0 fully saturated rings. The normalized spacial score (nSPS) is 13.0. The molecule has 8 heteroatoms. The fraction of sp³-hybridized carbons (Fsp3) is 0.333. The second kappa shape index (κ2) is 10.6. The van der Waals surface area contributed by atoms with Gasteiger partial charge in [-0.3, -0.25) is 19.2 Å². The van der Waals surface area contributed by atoms with Crippen molar-refractivity contribution in [2.45, 2.75) is 25.3 Å². The van der Waals surface area contributed by atoms with Gasteiger partial charge in [-0.25, -0.2) is 0 Å². The van der Waals surface area contributed by atoms with Crippen molar-refractivity contribution in [1.29, 1.82) is 0 Å². The lowest BCUT2D eigenvalue weighted by Gasteiger charge is -2.33. The smallest absolute Gasteiger partial charge is 0.320 e. The summed E-state index contributed by atoms with van der Waals surface area (Å²) >= 11 is 0. The van der Waals surface area contributed by atoms with E-state index < -0.39 is 47.0 Å². The number of hydrogen-bond donors (Lipinski definition) is 2. The molecule has 0 heterocycles. The number of hydrogen-bond acceptors (Lipinski definition) is 6. The first kappa shape index (κ1) is 24.6. The van der Waals surface area contributed by atoms with E-state index in [0.717, 1.165) is 14.2 Å². The van der Waals surface area contributed by atoms with Crippen molar-refractivity contribution in [2.75, 3.05) is 14.2 Å². The van der Waals surface area contributed by atoms with Crippen LogP contribution in [0.4, 0.5) is 0 Å². The topological polar surface area (TPSA) is 125 Å². The van der Waals surface area contributed by atoms with Gasteiger partial charge in [-0.2, -0.15) is 0 Å². The fourth-order valence-electron chi connectivity index (χ4n) is 3.69. The third kappa shape index (κ3) is 4.96. The largest absolute Gasteiger partial charge is 0.468 e. The van der Waals surface area contributed by atoms with E-state index in [0.29, 0.717) is 11.1 Å². The Kier molecular flexibility index (Phi) is 8.12. The number of carbonyl (C=O) groups excluding carboxylic acids is 4. The van der Waals surface area contributed by atoms with Crippen molar-refractivity contribution in [3.8, 4) is 0 Å². The molecular formula is C24H28N2O6. The molecule has 0 aliphatic carbocycles. The number of nitrogens with two attached hydrogens (primary N) is 1. The zero-order chi connectivity index (χ0) is 23.9. The van der Waals surface area contributed by atoms with Gasteiger partial charge in [0, 0.05) is 5.92 Å². The summed E-state index contributed by atoms with van der Waals surface area (Å²) in [4.78, 5) is 50.4. The van der Waals surface area contributed by atoms with Crippen LogP contribution in [-0.2, 0) is 34.1 Å². The SMILES string of the molecule is COC(=O)C(C(=O)OC)[C@H](C)[C@H](NC(=O)C(C)(c1ccccc1)c1ccccc1)C(N)=O. The number of primary amides is 1. The van der Waals surface area contributed by atoms with Crippen LogP contribution < -0.4 is 11.1 Å². The first-order valence-corrected chi connectivity index (χ1v) is 10.1. The van der Waals surface area contributed by atoms with E-state index in [9.17, 15) is 19.2 Å². The van der Waals surface area contributed by atoms with Crippen molar-refractivity contribution in [3.05, 3.63) is 71.8 Å². The Morgan fingerprint density at radius 3 is 1.59 bits per heavy atom. The highest BCUT2D eigenvalue weighted by atomic mass is 16.5. The summed E-state index contributed by atoms with van der Waals surface area (Å²) in [5.41, 5.74) is 5.77. The van der Waals surface area contributed by atoms with Crippen molar-refractivity contribution in [3.63, 3.8) is 0 Å². The van der Waals surface area contributed by atoms with Crippen LogP contribution in [-0.4, -0.2) is 44.0 Å². The molecule has 2 amide bonds. The molecule has 0 aliphatic heterocycles. The summed E-state index contributed by atoms with van der Waals surface area (Å²) in [6, 6.07) is 16.8. The standard InChI is InChI=1S/C24H28N2O6/c1-15(18(21(28)31-3)22(29)32-4)19(20(25)27)26-23(30)24(2,16-11-7-5-8-12-16)17-13-9-6-10-14-17/h5-15,18-19H,1-4H3,(H2,25,27)(H,26,30)/t15-,19-/m0/s1. The first-order chi connectivity index (χ1) is 15.2. The Bertz CT molecular complexity index is 905. The third-order valence-electron chi connectivity index (χ3n) is 5.71. The number of carbonyl (C=O) groups is 4. The van der Waals surface area contributed by atoms with Gasteiger partial charge in [0.1, 0.15) is 6.04 Å². The molecule has 0 bridgehead atoms. The Morgan fingerprint density at radius 1 is 0.844 bits per heavy atom. The number of methoxy groups -OCH3 is 2. The van der Waals surface area contributed by atoms with Gasteiger partial charge in [-0.1, -0.05) is 67.6 Å². The second-order valence-corrected chi connectivity index (χ2v) is 7.59. The maximum absolute atomic E-state index is 13.6. The summed E-state index contributed by atoms with van der Waals surface area (Å²) in [5.74, 6) is -5.65. The maximum atomic E-state index is 13.6. The number of benzene rings is 2. The van der Waals surface area contributed by atoms with Crippen molar-refractivity contribution < 1.29 is 28.7 Å². The Labute approximate surface area is 187 Å². The Morgan fingerprint density at radius 2 is 1.25 bits per heavy atom. The Hall–Kier alpha value is -3.68. The number of ether oxygens (including phenoxy) is 2. The van der Waals surface area contributed by atoms with Gasteiger partial charge in [0.15, 0.2) is 5.92 Å². The van der Waals surface area contributed by atoms with Gasteiger partial charge in [-0.15, -0.1) is 0 Å². The van der Waals surface area contributed by atoms with Gasteiger partial charge in [0.05, 0.1) is 19.6 Å². The predicted molar refractivity (Wildman–Crippen MR) is 117 cm³/mol. The number of amides is 2. The number of esters is 2. The Balaban J connectivity index is 2.48. The minimum Gasteiger partial charge on any atom is -0.468 e. The molecule has 0 aromatic heterocycles. The molecule has 8 nitrogen and oxygen atoms in total. The molecule has 0 unspecified atom stereocenters. The van der Waals surface area contributed by atoms with Gasteiger partial charge in [-0.05, 0) is 18.1 Å². The molecule has 2 atom stereocenters. The highest BCUT2D eigenvalue weighted by molar-refractivity contribution is 5.98. The van der Waals surface area contributed by atoms with Crippen LogP contribution in [0.2, 0.25) is 0 Å². The van der Waals surface area contributed by atoms with Gasteiger partial charge < -0.3 is 20.5 Å². The van der Waals surface area contributed by atoms with Crippen molar-refractivity contribution in [1.82, 2.24) is 5.32 Å². The molecule has 0 saturated heterocycles. The van der Waals surface area contributed by atoms with Crippen molar-refractivity contribution >= 4 is 23.8 Å². The minimum atomic E-state index is -1.44. The molecule has 170 valence electrons. The number of rotatable bonds is 9. The molecule has 0 radical (unpaired) electrons. The van der Waals surface area contributed by atoms with Crippen LogP contribution in [0.3, 0.4) is 0 Å². The van der Waals surface area contributed by atoms with E-state index in [1.807, 2.05) is 36.4 Å². The predicted octanol–water partition coefficient (Wildman–Crippen LogP) is 1.56. The van der Waals surface area contributed by atoms with Crippen LogP contribution in [0.1, 0.15) is 25.0 Å². The minimum absolute atomic E-state index is 0.515. The highest BCUT2D eigenvalue weighted by Gasteiger charge is 2.44. The lowest BCUT2D eigenvalue weighted by molar-refractivity contribution is -0.162. The quantitative estimate of drug-likeness (QED) is 0.450. The molecule has 32 heavy (non-hydrogen) atoms. The van der Waals surface area contributed by atoms with Crippen molar-refractivity contribution in [2.24, 2.45) is 17.6 Å². The van der Waals surface area contributed by atoms with Crippen LogP contribution in [0.25, 0.3) is 0 Å². The van der Waals surface area contributed by atoms with E-state index in [4.69, 9.17) is 15.2 Å². The van der Waals surface area contributed by atoms with Gasteiger partial charge in [0.2, 0.25) is 11.8 Å². The summed E-state index contributed by atoms with van der Waals surface area (Å²) in [6.45, 7) is 3.18. The summed E-state index contributed by atoms with van der Waals surface area (Å²) in [6.07, 6.45) is 0. The van der Waals surface area contributed by atoms with Crippen LogP contribution in [0.5, 0.6) is 0 Å². The van der Waals surface area contributed by atoms with E-state index >= 15 is 0 Å². The molecule has 0 aliphatic rings. The molecule has 2 aromatic rings. The van der Waals surface area contributed by atoms with E-state index in [1.165, 1.54) is 6.92 Å². The molecule has 0 saturated carbocycles. The monoisotopic (exact) mass is 440 g/mol. The second-order valence-electron chi connectivity index (χ2n) is 7.59. The van der Waals surface area contributed by atoms with E-state index in [1.54, 1.807) is 31.2 Å². The number of nitrogens with one attached hydrogen (secondary N) is 1. The molecular weight excluding hydrogens is 412 g/mol. The van der Waals surface area contributed by atoms with Gasteiger partial charge in [0.25, 0.3) is 0 Å². The zero-order valence-corrected chi connectivity index (χ0v) is 18.5. The summed E-state index contributed by atoms with van der Waals surface area (Å²) in [5, 5.41) is 2.66. The van der Waals surface area contributed by atoms with E-state index in [2.05, 4.69) is 5.32 Å². The van der Waals surface area contributed by atoms with Gasteiger partial charge >= 0.3 is 11.9 Å². The lowest BCUT2D eigenvalue weighted by atomic mass is 9.75. The van der Waals surface area contributed by atoms with Crippen LogP contribution in [0, 0.1) is 11.8 Å². The highest BCUT2D eigenvalue weighted by Crippen LogP contribution is 2.33. The molecule has 3 N–H and O–H groups in total. The summed E-state index contributed by atoms with van der Waals surface area (Å²) < 4.78 is 9.39.